The normalized spacial score (nSPS) is 11.6. The van der Waals surface area contributed by atoms with Crippen molar-refractivity contribution < 1.29 is 0 Å². The highest BCUT2D eigenvalue weighted by Gasteiger charge is 2.12. The van der Waals surface area contributed by atoms with Crippen molar-refractivity contribution >= 4 is 0 Å². The van der Waals surface area contributed by atoms with Crippen molar-refractivity contribution in [3.63, 3.8) is 0 Å². The van der Waals surface area contributed by atoms with E-state index in [1.165, 1.54) is 38.9 Å². The van der Waals surface area contributed by atoms with Crippen LogP contribution in [-0.4, -0.2) is 4.98 Å². The van der Waals surface area contributed by atoms with Crippen LogP contribution in [0.15, 0.2) is 54.7 Å². The van der Waals surface area contributed by atoms with Crippen LogP contribution < -0.4 is 0 Å². The quantitative estimate of drug-likeness (QED) is 0.502. The second kappa shape index (κ2) is 7.07. The fourth-order valence-corrected chi connectivity index (χ4v) is 3.29. The maximum absolute atomic E-state index is 4.63. The Kier molecular flexibility index (Phi) is 5.00. The number of rotatable bonds is 3. The maximum atomic E-state index is 4.63. The molecule has 0 unspecified atom stereocenters. The summed E-state index contributed by atoms with van der Waals surface area (Å²) in [6.07, 6.45) is 3.06. The molecule has 0 aliphatic carbocycles. The molecule has 1 heteroatoms. The van der Waals surface area contributed by atoms with Crippen LogP contribution in [0.25, 0.3) is 22.4 Å². The smallest absolute Gasteiger partial charge is 0.0705 e. The van der Waals surface area contributed by atoms with E-state index >= 15 is 0 Å². The zero-order chi connectivity index (χ0) is 18.9. The second-order valence-electron chi connectivity index (χ2n) is 8.62. The molecule has 0 saturated heterocycles. The van der Waals surface area contributed by atoms with Crippen molar-refractivity contribution in [2.45, 2.75) is 48.0 Å². The summed E-state index contributed by atoms with van der Waals surface area (Å²) in [5.41, 5.74) is 10.3. The van der Waals surface area contributed by atoms with Gasteiger partial charge in [-0.25, -0.2) is 0 Å². The van der Waals surface area contributed by atoms with Crippen molar-refractivity contribution in [2.24, 2.45) is 5.41 Å². The van der Waals surface area contributed by atoms with E-state index in [4.69, 9.17) is 0 Å². The molecule has 0 bridgehead atoms. The molecule has 0 spiro atoms. The van der Waals surface area contributed by atoms with E-state index in [9.17, 15) is 0 Å². The number of hydrogen-bond acceptors (Lipinski definition) is 1. The van der Waals surface area contributed by atoms with Crippen molar-refractivity contribution in [1.29, 1.82) is 0 Å². The maximum Gasteiger partial charge on any atom is 0.0705 e. The fraction of sp³-hybridized carbons (Fsp3) is 0.320. The van der Waals surface area contributed by atoms with E-state index in [1.54, 1.807) is 0 Å². The lowest BCUT2D eigenvalue weighted by Crippen LogP contribution is -2.08. The molecule has 0 aliphatic heterocycles. The molecule has 1 heterocycles. The highest BCUT2D eigenvalue weighted by atomic mass is 14.7. The first-order valence-corrected chi connectivity index (χ1v) is 9.36. The van der Waals surface area contributed by atoms with Crippen LogP contribution in [0.3, 0.4) is 0 Å². The first-order chi connectivity index (χ1) is 12.2. The molecule has 0 radical (unpaired) electrons. The van der Waals surface area contributed by atoms with E-state index < -0.39 is 0 Å². The van der Waals surface area contributed by atoms with Crippen molar-refractivity contribution in [1.82, 2.24) is 4.98 Å². The number of nitrogens with zero attached hydrogens (tertiary/aromatic N) is 1. The summed E-state index contributed by atoms with van der Waals surface area (Å²) in [6.45, 7) is 13.3. The van der Waals surface area contributed by atoms with Crippen LogP contribution in [0, 0.1) is 26.2 Å². The standard InChI is InChI=1S/C25H29N/c1-17-7-10-22(24-13-18(2)19(3)16-26-24)14-23(17)21-11-8-20(9-12-21)15-25(4,5)6/h7-14,16H,15H2,1-6H3. The average molecular weight is 344 g/mol. The van der Waals surface area contributed by atoms with E-state index in [1.807, 2.05) is 6.20 Å². The summed E-state index contributed by atoms with van der Waals surface area (Å²) < 4.78 is 0. The van der Waals surface area contributed by atoms with Crippen LogP contribution in [0.2, 0.25) is 0 Å². The van der Waals surface area contributed by atoms with E-state index in [0.29, 0.717) is 5.41 Å². The van der Waals surface area contributed by atoms with E-state index in [0.717, 1.165) is 12.1 Å². The predicted molar refractivity (Wildman–Crippen MR) is 112 cm³/mol. The molecule has 1 aromatic heterocycles. The minimum Gasteiger partial charge on any atom is -0.256 e. The number of hydrogen-bond donors (Lipinski definition) is 0. The van der Waals surface area contributed by atoms with Gasteiger partial charge in [0.15, 0.2) is 0 Å². The van der Waals surface area contributed by atoms with Crippen molar-refractivity contribution in [3.8, 4) is 22.4 Å². The highest BCUT2D eigenvalue weighted by molar-refractivity contribution is 5.74. The lowest BCUT2D eigenvalue weighted by Gasteiger charge is -2.18. The molecule has 26 heavy (non-hydrogen) atoms. The third-order valence-electron chi connectivity index (χ3n) is 4.91. The summed E-state index contributed by atoms with van der Waals surface area (Å²) >= 11 is 0. The van der Waals surface area contributed by atoms with Gasteiger partial charge in [0.05, 0.1) is 5.69 Å². The first kappa shape index (κ1) is 18.4. The molecule has 0 aliphatic rings. The molecule has 0 saturated carbocycles. The second-order valence-corrected chi connectivity index (χ2v) is 8.62. The summed E-state index contributed by atoms with van der Waals surface area (Å²) in [6, 6.07) is 17.8. The van der Waals surface area contributed by atoms with Gasteiger partial charge in [0.2, 0.25) is 0 Å². The van der Waals surface area contributed by atoms with Crippen molar-refractivity contribution in [3.05, 3.63) is 77.0 Å². The largest absolute Gasteiger partial charge is 0.256 e. The number of aromatic nitrogens is 1. The molecule has 134 valence electrons. The molecule has 0 atom stereocenters. The Morgan fingerprint density at radius 2 is 1.38 bits per heavy atom. The zero-order valence-corrected chi connectivity index (χ0v) is 16.9. The van der Waals surface area contributed by atoms with Gasteiger partial charge in [-0.05, 0) is 78.1 Å². The Hall–Kier alpha value is -2.41. The third kappa shape index (κ3) is 4.22. The van der Waals surface area contributed by atoms with Crippen LogP contribution in [-0.2, 0) is 6.42 Å². The molecule has 0 fully saturated rings. The average Bonchev–Trinajstić information content (AvgIpc) is 2.57. The van der Waals surface area contributed by atoms with Crippen LogP contribution in [0.4, 0.5) is 0 Å². The SMILES string of the molecule is Cc1cnc(-c2ccc(C)c(-c3ccc(CC(C)(C)C)cc3)c2)cc1C. The van der Waals surface area contributed by atoms with Crippen LogP contribution in [0.1, 0.15) is 43.0 Å². The Labute approximate surface area is 158 Å². The lowest BCUT2D eigenvalue weighted by molar-refractivity contribution is 0.411. The van der Waals surface area contributed by atoms with Crippen LogP contribution in [0.5, 0.6) is 0 Å². The van der Waals surface area contributed by atoms with E-state index in [2.05, 4.69) is 95.1 Å². The Balaban J connectivity index is 1.96. The third-order valence-corrected chi connectivity index (χ3v) is 4.91. The molecule has 0 amide bonds. The minimum atomic E-state index is 0.312. The predicted octanol–water partition coefficient (Wildman–Crippen LogP) is 6.93. The fourth-order valence-electron chi connectivity index (χ4n) is 3.29. The molecular formula is C25H29N. The molecule has 1 nitrogen and oxygen atoms in total. The molecule has 3 rings (SSSR count). The monoisotopic (exact) mass is 343 g/mol. The highest BCUT2D eigenvalue weighted by Crippen LogP contribution is 2.30. The number of benzene rings is 2. The molecule has 0 N–H and O–H groups in total. The van der Waals surface area contributed by atoms with Crippen molar-refractivity contribution in [2.75, 3.05) is 0 Å². The molecular weight excluding hydrogens is 314 g/mol. The number of pyridine rings is 1. The topological polar surface area (TPSA) is 12.9 Å². The van der Waals surface area contributed by atoms with Gasteiger partial charge in [0.1, 0.15) is 0 Å². The summed E-state index contributed by atoms with van der Waals surface area (Å²) in [5.74, 6) is 0. The van der Waals surface area contributed by atoms with Gasteiger partial charge < -0.3 is 0 Å². The summed E-state index contributed by atoms with van der Waals surface area (Å²) in [4.78, 5) is 4.63. The molecule has 2 aromatic carbocycles. The van der Waals surface area contributed by atoms with Gasteiger partial charge in [-0.1, -0.05) is 57.2 Å². The van der Waals surface area contributed by atoms with Gasteiger partial charge in [-0.15, -0.1) is 0 Å². The van der Waals surface area contributed by atoms with Crippen LogP contribution >= 0.6 is 0 Å². The van der Waals surface area contributed by atoms with Gasteiger partial charge in [0, 0.05) is 11.8 Å². The van der Waals surface area contributed by atoms with Gasteiger partial charge in [-0.2, -0.15) is 0 Å². The Morgan fingerprint density at radius 3 is 2.00 bits per heavy atom. The number of aryl methyl sites for hydroxylation is 3. The molecule has 3 aromatic rings. The lowest BCUT2D eigenvalue weighted by atomic mass is 9.87. The Morgan fingerprint density at radius 1 is 0.731 bits per heavy atom. The van der Waals surface area contributed by atoms with Gasteiger partial charge in [-0.3, -0.25) is 4.98 Å². The minimum absolute atomic E-state index is 0.312. The van der Waals surface area contributed by atoms with E-state index in [-0.39, 0.29) is 0 Å². The van der Waals surface area contributed by atoms with Gasteiger partial charge >= 0.3 is 0 Å². The first-order valence-electron chi connectivity index (χ1n) is 9.36. The summed E-state index contributed by atoms with van der Waals surface area (Å²) in [5, 5.41) is 0. The summed E-state index contributed by atoms with van der Waals surface area (Å²) in [7, 11) is 0. The Bertz CT molecular complexity index is 912. The zero-order valence-electron chi connectivity index (χ0n) is 16.9. The van der Waals surface area contributed by atoms with Gasteiger partial charge in [0.25, 0.3) is 0 Å².